The molecular formula is C14H9N3O. The van der Waals surface area contributed by atoms with Gasteiger partial charge in [0.15, 0.2) is 0 Å². The lowest BCUT2D eigenvalue weighted by Crippen LogP contribution is -2.41. The number of hydrogen-bond acceptors (Lipinski definition) is 3. The number of benzene rings is 2. The van der Waals surface area contributed by atoms with Crippen LogP contribution in [0.1, 0.15) is 10.4 Å². The van der Waals surface area contributed by atoms with E-state index in [0.29, 0.717) is 12.1 Å². The third-order valence-electron chi connectivity index (χ3n) is 3.37. The average molecular weight is 235 g/mol. The molecule has 0 unspecified atom stereocenters. The van der Waals surface area contributed by atoms with Gasteiger partial charge in [-0.15, -0.1) is 0 Å². The molecule has 0 spiro atoms. The zero-order chi connectivity index (χ0) is 12.1. The molecule has 0 bridgehead atoms. The molecule has 0 radical (unpaired) electrons. The van der Waals surface area contributed by atoms with E-state index in [1.807, 2.05) is 30.3 Å². The Morgan fingerprint density at radius 3 is 2.89 bits per heavy atom. The average Bonchev–Trinajstić information content (AvgIpc) is 2.88. The normalized spacial score (nSPS) is 15.7. The van der Waals surface area contributed by atoms with Crippen LogP contribution < -0.4 is 15.9 Å². The molecule has 2 aromatic carbocycles. The van der Waals surface area contributed by atoms with Crippen molar-refractivity contribution in [3.63, 3.8) is 0 Å². The van der Waals surface area contributed by atoms with E-state index in [4.69, 9.17) is 0 Å². The zero-order valence-electron chi connectivity index (χ0n) is 9.47. The lowest BCUT2D eigenvalue weighted by Gasteiger charge is -2.13. The smallest absolute Gasteiger partial charge is 0.252 e. The van der Waals surface area contributed by atoms with Crippen LogP contribution in [0.4, 0.5) is 5.69 Å². The summed E-state index contributed by atoms with van der Waals surface area (Å²) in [7, 11) is 0. The van der Waals surface area contributed by atoms with Crippen LogP contribution in [0.15, 0.2) is 34.3 Å². The van der Waals surface area contributed by atoms with Crippen LogP contribution in [0.5, 0.6) is 0 Å². The molecule has 4 nitrogen and oxygen atoms in total. The van der Waals surface area contributed by atoms with Gasteiger partial charge in [-0.25, -0.2) is 9.98 Å². The van der Waals surface area contributed by atoms with E-state index >= 15 is 0 Å². The van der Waals surface area contributed by atoms with Crippen molar-refractivity contribution in [2.75, 3.05) is 6.54 Å². The quantitative estimate of drug-likeness (QED) is 0.716. The maximum Gasteiger partial charge on any atom is 0.252 e. The number of carbonyl (C=O) groups excluding carboxylic acids is 1. The monoisotopic (exact) mass is 235 g/mol. The van der Waals surface area contributed by atoms with E-state index in [9.17, 15) is 4.79 Å². The number of rotatable bonds is 0. The largest absolute Gasteiger partial charge is 0.348 e. The number of amides is 1. The molecule has 18 heavy (non-hydrogen) atoms. The van der Waals surface area contributed by atoms with Crippen molar-refractivity contribution >= 4 is 34.8 Å². The molecule has 0 saturated carbocycles. The molecule has 2 aromatic rings. The Morgan fingerprint density at radius 1 is 1.17 bits per heavy atom. The predicted molar refractivity (Wildman–Crippen MR) is 69.7 cm³/mol. The standard InChI is InChI=1S/C14H9N3O/c18-14-11-8-3-1-2-4-9(8)12-13(17-7-16-12)10(11)5-6-15-14/h1-5,7H,6H2,(H,15,18). The molecular weight excluding hydrogens is 226 g/mol. The third kappa shape index (κ3) is 1.07. The number of aliphatic imine (C=N–C) groups is 1. The first-order chi connectivity index (χ1) is 8.86. The summed E-state index contributed by atoms with van der Waals surface area (Å²) in [6.07, 6.45) is 3.55. The first-order valence-electron chi connectivity index (χ1n) is 5.80. The van der Waals surface area contributed by atoms with Crippen LogP contribution in [0.2, 0.25) is 0 Å². The summed E-state index contributed by atoms with van der Waals surface area (Å²) in [5.74, 6) is -0.0337. The summed E-state index contributed by atoms with van der Waals surface area (Å²) in [5.41, 5.74) is 1.58. The number of hydrogen-bond donors (Lipinski definition) is 1. The zero-order valence-corrected chi connectivity index (χ0v) is 9.47. The Morgan fingerprint density at radius 2 is 2.00 bits per heavy atom. The second kappa shape index (κ2) is 3.26. The number of carbonyl (C=O) groups is 1. The van der Waals surface area contributed by atoms with Gasteiger partial charge < -0.3 is 5.32 Å². The van der Waals surface area contributed by atoms with Crippen molar-refractivity contribution in [2.24, 2.45) is 9.98 Å². The van der Waals surface area contributed by atoms with Crippen molar-refractivity contribution in [1.29, 1.82) is 0 Å². The molecule has 1 amide bonds. The van der Waals surface area contributed by atoms with Gasteiger partial charge in [0.1, 0.15) is 6.34 Å². The highest BCUT2D eigenvalue weighted by molar-refractivity contribution is 6.11. The highest BCUT2D eigenvalue weighted by Crippen LogP contribution is 2.25. The summed E-state index contributed by atoms with van der Waals surface area (Å²) in [4.78, 5) is 20.7. The molecule has 4 rings (SSSR count). The summed E-state index contributed by atoms with van der Waals surface area (Å²) in [6, 6.07) is 7.83. The summed E-state index contributed by atoms with van der Waals surface area (Å²) >= 11 is 0. The molecule has 2 heterocycles. The molecule has 0 atom stereocenters. The van der Waals surface area contributed by atoms with Gasteiger partial charge in [-0.3, -0.25) is 4.79 Å². The molecule has 0 saturated heterocycles. The van der Waals surface area contributed by atoms with Gasteiger partial charge in [0.2, 0.25) is 0 Å². The fourth-order valence-corrected chi connectivity index (χ4v) is 2.61. The minimum atomic E-state index is -0.0337. The fraction of sp³-hybridized carbons (Fsp3) is 0.0714. The predicted octanol–water partition coefficient (Wildman–Crippen LogP) is 0.657. The minimum absolute atomic E-state index is 0.0337. The van der Waals surface area contributed by atoms with Crippen LogP contribution in [0.25, 0.3) is 16.8 Å². The number of fused-ring (bicyclic) bond motifs is 6. The lowest BCUT2D eigenvalue weighted by atomic mass is 9.97. The number of nitrogens with one attached hydrogen (secondary N) is 1. The van der Waals surface area contributed by atoms with Crippen LogP contribution in [0.3, 0.4) is 0 Å². The van der Waals surface area contributed by atoms with Gasteiger partial charge in [0.05, 0.1) is 16.6 Å². The summed E-state index contributed by atoms with van der Waals surface area (Å²) in [5, 5.41) is 6.49. The van der Waals surface area contributed by atoms with Crippen LogP contribution in [-0.4, -0.2) is 18.8 Å². The Bertz CT molecular complexity index is 849. The highest BCUT2D eigenvalue weighted by atomic mass is 16.1. The maximum absolute atomic E-state index is 12.1. The summed E-state index contributed by atoms with van der Waals surface area (Å²) < 4.78 is 0. The second-order valence-corrected chi connectivity index (χ2v) is 4.32. The maximum atomic E-state index is 12.1. The van der Waals surface area contributed by atoms with E-state index in [-0.39, 0.29) is 5.91 Å². The molecule has 2 aliphatic heterocycles. The van der Waals surface area contributed by atoms with Crippen molar-refractivity contribution in [3.05, 3.63) is 40.4 Å². The fourth-order valence-electron chi connectivity index (χ4n) is 2.61. The van der Waals surface area contributed by atoms with Gasteiger partial charge in [-0.2, -0.15) is 0 Å². The molecule has 4 heteroatoms. The van der Waals surface area contributed by atoms with E-state index in [2.05, 4.69) is 15.3 Å². The van der Waals surface area contributed by atoms with Gasteiger partial charge in [0, 0.05) is 17.1 Å². The topological polar surface area (TPSA) is 53.8 Å². The first-order valence-corrected chi connectivity index (χ1v) is 5.80. The Hall–Kier alpha value is -2.49. The molecule has 0 fully saturated rings. The van der Waals surface area contributed by atoms with Gasteiger partial charge >= 0.3 is 0 Å². The van der Waals surface area contributed by atoms with Crippen molar-refractivity contribution in [1.82, 2.24) is 5.32 Å². The second-order valence-electron chi connectivity index (χ2n) is 4.32. The van der Waals surface area contributed by atoms with E-state index in [1.54, 1.807) is 6.34 Å². The van der Waals surface area contributed by atoms with Gasteiger partial charge in [-0.1, -0.05) is 30.3 Å². The Balaban J connectivity index is 2.37. The molecule has 1 N–H and O–H groups in total. The van der Waals surface area contributed by atoms with Crippen LogP contribution in [0, 0.1) is 0 Å². The van der Waals surface area contributed by atoms with E-state index in [1.165, 1.54) is 0 Å². The lowest BCUT2D eigenvalue weighted by molar-refractivity contribution is 0.0957. The first kappa shape index (κ1) is 9.53. The number of nitrogens with zero attached hydrogens (tertiary/aromatic N) is 2. The van der Waals surface area contributed by atoms with Crippen LogP contribution in [-0.2, 0) is 0 Å². The molecule has 0 aliphatic carbocycles. The molecule has 0 aromatic heterocycles. The molecule has 2 aliphatic rings. The highest BCUT2D eigenvalue weighted by Gasteiger charge is 2.20. The van der Waals surface area contributed by atoms with E-state index in [0.717, 1.165) is 27.0 Å². The van der Waals surface area contributed by atoms with Crippen molar-refractivity contribution < 1.29 is 4.79 Å². The Labute approximate surface area is 102 Å². The van der Waals surface area contributed by atoms with Crippen molar-refractivity contribution in [2.45, 2.75) is 0 Å². The molecule has 86 valence electrons. The van der Waals surface area contributed by atoms with Crippen molar-refractivity contribution in [3.8, 4) is 0 Å². The minimum Gasteiger partial charge on any atom is -0.348 e. The van der Waals surface area contributed by atoms with Gasteiger partial charge in [0.25, 0.3) is 5.91 Å². The summed E-state index contributed by atoms with van der Waals surface area (Å²) in [6.45, 7) is 0.548. The Kier molecular flexibility index (Phi) is 1.73. The van der Waals surface area contributed by atoms with Crippen LogP contribution >= 0.6 is 0 Å². The van der Waals surface area contributed by atoms with E-state index < -0.39 is 0 Å². The van der Waals surface area contributed by atoms with Gasteiger partial charge in [-0.05, 0) is 5.39 Å². The third-order valence-corrected chi connectivity index (χ3v) is 3.37. The SMILES string of the molecule is O=C1NCC=c2c1c1ccccc1c1c2=NC=N1.